The van der Waals surface area contributed by atoms with Gasteiger partial charge in [-0.15, -0.1) is 0 Å². The van der Waals surface area contributed by atoms with E-state index in [0.29, 0.717) is 5.92 Å². The van der Waals surface area contributed by atoms with Crippen LogP contribution in [-0.2, 0) is 4.74 Å². The highest BCUT2D eigenvalue weighted by atomic mass is 16.5. The molecule has 18 heavy (non-hydrogen) atoms. The standard InChI is InChI=1S/C15H31NO2/c1-2-3-4-5-6-11-18-12-9-14-8-7-10-15(14,16)13-17/h14,17H,2-13,16H2,1H3. The van der Waals surface area contributed by atoms with E-state index in [9.17, 15) is 5.11 Å². The van der Waals surface area contributed by atoms with Crippen LogP contribution in [0.25, 0.3) is 0 Å². The summed E-state index contributed by atoms with van der Waals surface area (Å²) >= 11 is 0. The first kappa shape index (κ1) is 15.9. The van der Waals surface area contributed by atoms with Gasteiger partial charge in [0.15, 0.2) is 0 Å². The minimum absolute atomic E-state index is 0.120. The van der Waals surface area contributed by atoms with Crippen LogP contribution < -0.4 is 5.73 Å². The van der Waals surface area contributed by atoms with E-state index in [1.165, 1.54) is 32.1 Å². The van der Waals surface area contributed by atoms with Gasteiger partial charge in [-0.2, -0.15) is 0 Å². The summed E-state index contributed by atoms with van der Waals surface area (Å²) in [4.78, 5) is 0. The van der Waals surface area contributed by atoms with Crippen molar-refractivity contribution in [3.8, 4) is 0 Å². The Morgan fingerprint density at radius 2 is 2.00 bits per heavy atom. The molecule has 0 saturated heterocycles. The van der Waals surface area contributed by atoms with E-state index in [2.05, 4.69) is 6.92 Å². The van der Waals surface area contributed by atoms with Gasteiger partial charge in [0.1, 0.15) is 0 Å². The number of aliphatic hydroxyl groups excluding tert-OH is 1. The number of nitrogens with two attached hydrogens (primary N) is 1. The summed E-state index contributed by atoms with van der Waals surface area (Å²) in [5, 5.41) is 9.35. The Morgan fingerprint density at radius 3 is 2.72 bits per heavy atom. The third-order valence-electron chi connectivity index (χ3n) is 4.31. The zero-order chi connectivity index (χ0) is 13.3. The molecular formula is C15H31NO2. The summed E-state index contributed by atoms with van der Waals surface area (Å²) in [6, 6.07) is 0. The van der Waals surface area contributed by atoms with Crippen LogP contribution >= 0.6 is 0 Å². The van der Waals surface area contributed by atoms with E-state index in [1.807, 2.05) is 0 Å². The number of rotatable bonds is 10. The predicted octanol–water partition coefficient (Wildman–Crippen LogP) is 2.85. The molecule has 0 radical (unpaired) electrons. The van der Waals surface area contributed by atoms with Crippen molar-refractivity contribution in [2.24, 2.45) is 11.7 Å². The lowest BCUT2D eigenvalue weighted by atomic mass is 9.87. The van der Waals surface area contributed by atoms with Crippen molar-refractivity contribution in [3.05, 3.63) is 0 Å². The van der Waals surface area contributed by atoms with Gasteiger partial charge in [0.2, 0.25) is 0 Å². The highest BCUT2D eigenvalue weighted by molar-refractivity contribution is 4.95. The van der Waals surface area contributed by atoms with Crippen LogP contribution in [0.15, 0.2) is 0 Å². The molecule has 3 heteroatoms. The van der Waals surface area contributed by atoms with Crippen LogP contribution in [0.4, 0.5) is 0 Å². The molecular weight excluding hydrogens is 226 g/mol. The lowest BCUT2D eigenvalue weighted by Crippen LogP contribution is -2.47. The number of aliphatic hydroxyl groups is 1. The topological polar surface area (TPSA) is 55.5 Å². The van der Waals surface area contributed by atoms with Gasteiger partial charge in [0, 0.05) is 18.8 Å². The van der Waals surface area contributed by atoms with Crippen LogP contribution in [-0.4, -0.2) is 30.5 Å². The minimum Gasteiger partial charge on any atom is -0.394 e. The van der Waals surface area contributed by atoms with Crippen molar-refractivity contribution < 1.29 is 9.84 Å². The smallest absolute Gasteiger partial charge is 0.0613 e. The first-order valence-electron chi connectivity index (χ1n) is 7.70. The maximum atomic E-state index is 9.35. The molecule has 0 heterocycles. The monoisotopic (exact) mass is 257 g/mol. The fourth-order valence-corrected chi connectivity index (χ4v) is 2.94. The van der Waals surface area contributed by atoms with Gasteiger partial charge in [-0.05, 0) is 31.6 Å². The number of hydrogen-bond donors (Lipinski definition) is 2. The fourth-order valence-electron chi connectivity index (χ4n) is 2.94. The van der Waals surface area contributed by atoms with E-state index >= 15 is 0 Å². The van der Waals surface area contributed by atoms with E-state index < -0.39 is 0 Å². The minimum atomic E-state index is -0.329. The molecule has 0 aliphatic heterocycles. The molecule has 0 aromatic rings. The summed E-state index contributed by atoms with van der Waals surface area (Å²) in [5.74, 6) is 0.447. The second kappa shape index (κ2) is 8.89. The maximum absolute atomic E-state index is 9.35. The lowest BCUT2D eigenvalue weighted by Gasteiger charge is -2.29. The molecule has 1 saturated carbocycles. The third kappa shape index (κ3) is 5.25. The van der Waals surface area contributed by atoms with Gasteiger partial charge in [-0.3, -0.25) is 0 Å². The molecule has 0 aromatic heterocycles. The molecule has 2 atom stereocenters. The first-order chi connectivity index (χ1) is 8.73. The number of unbranched alkanes of at least 4 members (excludes halogenated alkanes) is 4. The van der Waals surface area contributed by atoms with Crippen molar-refractivity contribution >= 4 is 0 Å². The zero-order valence-corrected chi connectivity index (χ0v) is 12.0. The lowest BCUT2D eigenvalue weighted by molar-refractivity contribution is 0.0921. The van der Waals surface area contributed by atoms with E-state index in [-0.39, 0.29) is 12.1 Å². The van der Waals surface area contributed by atoms with Crippen molar-refractivity contribution in [3.63, 3.8) is 0 Å². The van der Waals surface area contributed by atoms with Crippen molar-refractivity contribution in [1.82, 2.24) is 0 Å². The molecule has 1 fully saturated rings. The largest absolute Gasteiger partial charge is 0.394 e. The zero-order valence-electron chi connectivity index (χ0n) is 12.0. The van der Waals surface area contributed by atoms with Crippen LogP contribution in [0.5, 0.6) is 0 Å². The molecule has 2 unspecified atom stereocenters. The van der Waals surface area contributed by atoms with Gasteiger partial charge >= 0.3 is 0 Å². The average Bonchev–Trinajstić information content (AvgIpc) is 2.75. The predicted molar refractivity (Wildman–Crippen MR) is 75.5 cm³/mol. The average molecular weight is 257 g/mol. The molecule has 0 bridgehead atoms. The van der Waals surface area contributed by atoms with E-state index in [4.69, 9.17) is 10.5 Å². The van der Waals surface area contributed by atoms with Crippen LogP contribution in [0.2, 0.25) is 0 Å². The molecule has 0 amide bonds. The SMILES string of the molecule is CCCCCCCOCCC1CCCC1(N)CO. The van der Waals surface area contributed by atoms with Gasteiger partial charge < -0.3 is 15.6 Å². The second-order valence-electron chi connectivity index (χ2n) is 5.80. The van der Waals surface area contributed by atoms with Crippen LogP contribution in [0, 0.1) is 5.92 Å². The quantitative estimate of drug-likeness (QED) is 0.592. The Morgan fingerprint density at radius 1 is 1.22 bits per heavy atom. The first-order valence-corrected chi connectivity index (χ1v) is 7.70. The van der Waals surface area contributed by atoms with Crippen molar-refractivity contribution in [2.75, 3.05) is 19.8 Å². The van der Waals surface area contributed by atoms with E-state index in [1.54, 1.807) is 0 Å². The van der Waals surface area contributed by atoms with E-state index in [0.717, 1.165) is 38.9 Å². The molecule has 0 aromatic carbocycles. The molecule has 0 spiro atoms. The highest BCUT2D eigenvalue weighted by Crippen LogP contribution is 2.35. The normalized spacial score (nSPS) is 27.8. The third-order valence-corrected chi connectivity index (χ3v) is 4.31. The number of hydrogen-bond acceptors (Lipinski definition) is 3. The summed E-state index contributed by atoms with van der Waals surface area (Å²) in [7, 11) is 0. The Labute approximate surface area is 112 Å². The van der Waals surface area contributed by atoms with Crippen molar-refractivity contribution in [2.45, 2.75) is 70.3 Å². The van der Waals surface area contributed by atoms with Gasteiger partial charge in [0.25, 0.3) is 0 Å². The van der Waals surface area contributed by atoms with Crippen LogP contribution in [0.1, 0.15) is 64.7 Å². The molecule has 3 nitrogen and oxygen atoms in total. The molecule has 1 aliphatic carbocycles. The fraction of sp³-hybridized carbons (Fsp3) is 1.00. The van der Waals surface area contributed by atoms with Crippen molar-refractivity contribution in [1.29, 1.82) is 0 Å². The summed E-state index contributed by atoms with van der Waals surface area (Å²) in [5.41, 5.74) is 5.86. The second-order valence-corrected chi connectivity index (χ2v) is 5.80. The number of ether oxygens (including phenoxy) is 1. The molecule has 1 aliphatic rings. The Kier molecular flexibility index (Phi) is 7.87. The van der Waals surface area contributed by atoms with Crippen LogP contribution in [0.3, 0.4) is 0 Å². The summed E-state index contributed by atoms with van der Waals surface area (Å²) in [6.07, 6.45) is 10.7. The Hall–Kier alpha value is -0.120. The molecule has 1 rings (SSSR count). The van der Waals surface area contributed by atoms with Gasteiger partial charge in [0.05, 0.1) is 6.61 Å². The highest BCUT2D eigenvalue weighted by Gasteiger charge is 2.38. The maximum Gasteiger partial charge on any atom is 0.0613 e. The summed E-state index contributed by atoms with van der Waals surface area (Å²) in [6.45, 7) is 4.04. The Bertz CT molecular complexity index is 211. The van der Waals surface area contributed by atoms with Gasteiger partial charge in [-0.1, -0.05) is 39.0 Å². The summed E-state index contributed by atoms with van der Waals surface area (Å²) < 4.78 is 5.68. The van der Waals surface area contributed by atoms with Gasteiger partial charge in [-0.25, -0.2) is 0 Å². The molecule has 3 N–H and O–H groups in total. The Balaban J connectivity index is 1.97. The molecule has 108 valence electrons.